The van der Waals surface area contributed by atoms with Crippen molar-refractivity contribution in [2.75, 3.05) is 0 Å². The lowest BCUT2D eigenvalue weighted by Crippen LogP contribution is -2.38. The standard InChI is InChI=1S/C15H24N2/c1-11-7-8-15(12(2)9-11)16-10-14-6-4-5-13(3)17-14/h4-6,11-12,15-16H,7-10H2,1-3H3. The van der Waals surface area contributed by atoms with Crippen LogP contribution in [0.2, 0.25) is 0 Å². The van der Waals surface area contributed by atoms with Gasteiger partial charge in [-0.1, -0.05) is 19.9 Å². The highest BCUT2D eigenvalue weighted by Crippen LogP contribution is 2.28. The second-order valence-electron chi connectivity index (χ2n) is 5.65. The van der Waals surface area contributed by atoms with Crippen molar-refractivity contribution in [1.29, 1.82) is 0 Å². The summed E-state index contributed by atoms with van der Waals surface area (Å²) in [7, 11) is 0. The average Bonchev–Trinajstić information content (AvgIpc) is 2.28. The molecule has 0 saturated heterocycles. The Morgan fingerprint density at radius 2 is 2.12 bits per heavy atom. The second-order valence-corrected chi connectivity index (χ2v) is 5.65. The number of aromatic nitrogens is 1. The van der Waals surface area contributed by atoms with E-state index < -0.39 is 0 Å². The predicted octanol–water partition coefficient (Wildman–Crippen LogP) is 3.30. The van der Waals surface area contributed by atoms with Crippen molar-refractivity contribution in [2.45, 2.75) is 52.6 Å². The third-order valence-corrected chi connectivity index (χ3v) is 3.92. The molecule has 2 rings (SSSR count). The van der Waals surface area contributed by atoms with Gasteiger partial charge in [0.2, 0.25) is 0 Å². The first-order valence-electron chi connectivity index (χ1n) is 6.81. The van der Waals surface area contributed by atoms with Crippen LogP contribution in [0.4, 0.5) is 0 Å². The Morgan fingerprint density at radius 3 is 2.82 bits per heavy atom. The quantitative estimate of drug-likeness (QED) is 0.865. The Balaban J connectivity index is 1.86. The first kappa shape index (κ1) is 12.6. The van der Waals surface area contributed by atoms with Crippen molar-refractivity contribution in [3.63, 3.8) is 0 Å². The fourth-order valence-corrected chi connectivity index (χ4v) is 2.90. The van der Waals surface area contributed by atoms with Crippen LogP contribution in [0.5, 0.6) is 0 Å². The number of hydrogen-bond acceptors (Lipinski definition) is 2. The van der Waals surface area contributed by atoms with Crippen molar-refractivity contribution < 1.29 is 0 Å². The van der Waals surface area contributed by atoms with Crippen LogP contribution in [0.1, 0.15) is 44.5 Å². The molecule has 1 N–H and O–H groups in total. The summed E-state index contributed by atoms with van der Waals surface area (Å²) in [4.78, 5) is 4.54. The molecule has 1 aliphatic rings. The Hall–Kier alpha value is -0.890. The van der Waals surface area contributed by atoms with Gasteiger partial charge < -0.3 is 5.32 Å². The molecular weight excluding hydrogens is 208 g/mol. The smallest absolute Gasteiger partial charge is 0.0544 e. The fourth-order valence-electron chi connectivity index (χ4n) is 2.90. The lowest BCUT2D eigenvalue weighted by molar-refractivity contribution is 0.226. The average molecular weight is 232 g/mol. The van der Waals surface area contributed by atoms with Crippen molar-refractivity contribution in [2.24, 2.45) is 11.8 Å². The lowest BCUT2D eigenvalue weighted by atomic mass is 9.80. The summed E-state index contributed by atoms with van der Waals surface area (Å²) in [6.45, 7) is 7.70. The zero-order valence-electron chi connectivity index (χ0n) is 11.2. The molecule has 3 atom stereocenters. The van der Waals surface area contributed by atoms with E-state index in [9.17, 15) is 0 Å². The van der Waals surface area contributed by atoms with Crippen LogP contribution in [-0.4, -0.2) is 11.0 Å². The van der Waals surface area contributed by atoms with Gasteiger partial charge in [-0.25, -0.2) is 0 Å². The molecule has 1 aromatic rings. The van der Waals surface area contributed by atoms with Gasteiger partial charge in [0, 0.05) is 18.3 Å². The van der Waals surface area contributed by atoms with E-state index in [0.29, 0.717) is 6.04 Å². The Labute approximate surface area is 105 Å². The van der Waals surface area contributed by atoms with Crippen molar-refractivity contribution in [3.8, 4) is 0 Å². The van der Waals surface area contributed by atoms with Crippen LogP contribution in [-0.2, 0) is 6.54 Å². The third kappa shape index (κ3) is 3.53. The fraction of sp³-hybridized carbons (Fsp3) is 0.667. The van der Waals surface area contributed by atoms with E-state index in [2.05, 4.69) is 49.3 Å². The third-order valence-electron chi connectivity index (χ3n) is 3.92. The molecule has 2 nitrogen and oxygen atoms in total. The molecule has 1 aromatic heterocycles. The molecule has 0 bridgehead atoms. The number of aryl methyl sites for hydroxylation is 1. The molecule has 17 heavy (non-hydrogen) atoms. The molecule has 1 fully saturated rings. The van der Waals surface area contributed by atoms with E-state index in [4.69, 9.17) is 0 Å². The van der Waals surface area contributed by atoms with Crippen LogP contribution in [0.25, 0.3) is 0 Å². The zero-order chi connectivity index (χ0) is 12.3. The van der Waals surface area contributed by atoms with Crippen LogP contribution < -0.4 is 5.32 Å². The molecule has 0 amide bonds. The normalized spacial score (nSPS) is 29.2. The summed E-state index contributed by atoms with van der Waals surface area (Å²) in [5, 5.41) is 3.67. The van der Waals surface area contributed by atoms with Gasteiger partial charge in [-0.2, -0.15) is 0 Å². The van der Waals surface area contributed by atoms with Crippen molar-refractivity contribution >= 4 is 0 Å². The van der Waals surface area contributed by atoms with Gasteiger partial charge in [-0.15, -0.1) is 0 Å². The monoisotopic (exact) mass is 232 g/mol. The molecule has 3 unspecified atom stereocenters. The molecule has 0 spiro atoms. The van der Waals surface area contributed by atoms with Gasteiger partial charge in [0.1, 0.15) is 0 Å². The molecule has 0 aliphatic heterocycles. The minimum absolute atomic E-state index is 0.675. The van der Waals surface area contributed by atoms with Gasteiger partial charge in [0.25, 0.3) is 0 Å². The molecule has 0 radical (unpaired) electrons. The van der Waals surface area contributed by atoms with Crippen LogP contribution in [0.15, 0.2) is 18.2 Å². The van der Waals surface area contributed by atoms with E-state index >= 15 is 0 Å². The molecule has 1 aliphatic carbocycles. The number of pyridine rings is 1. The number of rotatable bonds is 3. The van der Waals surface area contributed by atoms with E-state index in [1.165, 1.54) is 19.3 Å². The summed E-state index contributed by atoms with van der Waals surface area (Å²) < 4.78 is 0. The summed E-state index contributed by atoms with van der Waals surface area (Å²) in [5.41, 5.74) is 2.27. The van der Waals surface area contributed by atoms with E-state index in [-0.39, 0.29) is 0 Å². The molecule has 2 heteroatoms. The van der Waals surface area contributed by atoms with Crippen LogP contribution in [0.3, 0.4) is 0 Å². The van der Waals surface area contributed by atoms with Gasteiger partial charge >= 0.3 is 0 Å². The Bertz CT molecular complexity index is 362. The van der Waals surface area contributed by atoms with Gasteiger partial charge in [0.15, 0.2) is 0 Å². The highest BCUT2D eigenvalue weighted by Gasteiger charge is 2.24. The van der Waals surface area contributed by atoms with Crippen LogP contribution >= 0.6 is 0 Å². The molecule has 94 valence electrons. The number of hydrogen-bond donors (Lipinski definition) is 1. The number of nitrogens with one attached hydrogen (secondary N) is 1. The van der Waals surface area contributed by atoms with E-state index in [1.807, 2.05) is 0 Å². The first-order chi connectivity index (χ1) is 8.15. The zero-order valence-corrected chi connectivity index (χ0v) is 11.2. The summed E-state index contributed by atoms with van der Waals surface area (Å²) in [5.74, 6) is 1.70. The topological polar surface area (TPSA) is 24.9 Å². The highest BCUT2D eigenvalue weighted by atomic mass is 14.9. The van der Waals surface area contributed by atoms with Crippen LogP contribution in [0, 0.1) is 18.8 Å². The maximum Gasteiger partial charge on any atom is 0.0544 e. The van der Waals surface area contributed by atoms with Gasteiger partial charge in [-0.3, -0.25) is 4.98 Å². The predicted molar refractivity (Wildman–Crippen MR) is 71.8 cm³/mol. The second kappa shape index (κ2) is 5.63. The highest BCUT2D eigenvalue weighted by molar-refractivity contribution is 5.09. The van der Waals surface area contributed by atoms with Gasteiger partial charge in [-0.05, 0) is 50.2 Å². The summed E-state index contributed by atoms with van der Waals surface area (Å²) in [6.07, 6.45) is 4.04. The van der Waals surface area contributed by atoms with Crippen molar-refractivity contribution in [1.82, 2.24) is 10.3 Å². The maximum absolute atomic E-state index is 4.54. The maximum atomic E-state index is 4.54. The lowest BCUT2D eigenvalue weighted by Gasteiger charge is -2.33. The van der Waals surface area contributed by atoms with E-state index in [0.717, 1.165) is 29.8 Å². The van der Waals surface area contributed by atoms with E-state index in [1.54, 1.807) is 0 Å². The summed E-state index contributed by atoms with van der Waals surface area (Å²) in [6, 6.07) is 6.92. The molecule has 1 heterocycles. The molecule has 1 saturated carbocycles. The van der Waals surface area contributed by atoms with Crippen molar-refractivity contribution in [3.05, 3.63) is 29.6 Å². The largest absolute Gasteiger partial charge is 0.308 e. The Kier molecular flexibility index (Phi) is 4.16. The molecular formula is C15H24N2. The van der Waals surface area contributed by atoms with Gasteiger partial charge in [0.05, 0.1) is 5.69 Å². The minimum Gasteiger partial charge on any atom is -0.308 e. The first-order valence-corrected chi connectivity index (χ1v) is 6.81. The Morgan fingerprint density at radius 1 is 1.29 bits per heavy atom. The SMILES string of the molecule is Cc1cccc(CNC2CCC(C)CC2C)n1. The molecule has 0 aromatic carbocycles. The summed E-state index contributed by atoms with van der Waals surface area (Å²) >= 11 is 0. The minimum atomic E-state index is 0.675. The number of nitrogens with zero attached hydrogens (tertiary/aromatic N) is 1.